The molecule has 0 heterocycles. The van der Waals surface area contributed by atoms with Crippen molar-refractivity contribution < 1.29 is 4.74 Å². The molecule has 0 saturated heterocycles. The van der Waals surface area contributed by atoms with E-state index in [0.717, 1.165) is 28.8 Å². The third-order valence-corrected chi connectivity index (χ3v) is 3.06. The normalized spacial score (nSPS) is 10.6. The number of hydrogen-bond donors (Lipinski definition) is 3. The smallest absolute Gasteiger partial charge is 0.0503 e. The summed E-state index contributed by atoms with van der Waals surface area (Å²) in [5, 5.41) is 0. The first-order chi connectivity index (χ1) is 9.11. The average Bonchev–Trinajstić information content (AvgIpc) is 2.37. The molecule has 19 heavy (non-hydrogen) atoms. The zero-order valence-corrected chi connectivity index (χ0v) is 11.0. The summed E-state index contributed by atoms with van der Waals surface area (Å²) in [4.78, 5) is 0. The zero-order chi connectivity index (χ0) is 13.8. The van der Waals surface area contributed by atoms with Gasteiger partial charge < -0.3 is 21.9 Å². The predicted molar refractivity (Wildman–Crippen MR) is 80.7 cm³/mol. The molecule has 2 aromatic carbocycles. The molecule has 0 amide bonds. The molecule has 6 N–H and O–H groups in total. The van der Waals surface area contributed by atoms with Gasteiger partial charge in [0.2, 0.25) is 0 Å². The lowest BCUT2D eigenvalue weighted by Crippen LogP contribution is -2.03. The molecule has 0 radical (unpaired) electrons. The molecule has 4 nitrogen and oxygen atoms in total. The van der Waals surface area contributed by atoms with Crippen molar-refractivity contribution in [2.45, 2.75) is 6.42 Å². The summed E-state index contributed by atoms with van der Waals surface area (Å²) in [6, 6.07) is 11.4. The van der Waals surface area contributed by atoms with Crippen molar-refractivity contribution in [3.05, 3.63) is 42.0 Å². The molecule has 0 atom stereocenters. The van der Waals surface area contributed by atoms with Crippen LogP contribution in [-0.2, 0) is 11.2 Å². The van der Waals surface area contributed by atoms with Crippen LogP contribution >= 0.6 is 0 Å². The van der Waals surface area contributed by atoms with Gasteiger partial charge in [-0.05, 0) is 47.4 Å². The van der Waals surface area contributed by atoms with Gasteiger partial charge in [0, 0.05) is 24.2 Å². The number of rotatable bonds is 4. The van der Waals surface area contributed by atoms with Crippen molar-refractivity contribution in [1.29, 1.82) is 0 Å². The first-order valence-electron chi connectivity index (χ1n) is 6.14. The Balaban J connectivity index is 2.53. The second-order valence-corrected chi connectivity index (χ2v) is 4.50. The SMILES string of the molecule is COCCc1c(N)cc(N)cc1-c1cccc(N)c1. The van der Waals surface area contributed by atoms with Gasteiger partial charge in [0.05, 0.1) is 6.61 Å². The molecule has 0 saturated carbocycles. The van der Waals surface area contributed by atoms with Gasteiger partial charge in [0.25, 0.3) is 0 Å². The van der Waals surface area contributed by atoms with Crippen LogP contribution in [0.1, 0.15) is 5.56 Å². The van der Waals surface area contributed by atoms with Gasteiger partial charge in [0.1, 0.15) is 0 Å². The van der Waals surface area contributed by atoms with E-state index in [1.165, 1.54) is 0 Å². The maximum atomic E-state index is 6.07. The minimum atomic E-state index is 0.615. The molecule has 0 bridgehead atoms. The minimum Gasteiger partial charge on any atom is -0.399 e. The van der Waals surface area contributed by atoms with E-state index < -0.39 is 0 Å². The Bertz CT molecular complexity index is 582. The van der Waals surface area contributed by atoms with Crippen molar-refractivity contribution in [3.8, 4) is 11.1 Å². The zero-order valence-electron chi connectivity index (χ0n) is 11.0. The summed E-state index contributed by atoms with van der Waals surface area (Å²) in [7, 11) is 1.67. The number of benzene rings is 2. The van der Waals surface area contributed by atoms with Gasteiger partial charge in [-0.3, -0.25) is 0 Å². The summed E-state index contributed by atoms with van der Waals surface area (Å²) in [6.07, 6.45) is 0.743. The van der Waals surface area contributed by atoms with Crippen molar-refractivity contribution >= 4 is 17.1 Å². The highest BCUT2D eigenvalue weighted by Crippen LogP contribution is 2.32. The number of ether oxygens (including phenoxy) is 1. The Labute approximate surface area is 113 Å². The molecule has 0 unspecified atom stereocenters. The van der Waals surface area contributed by atoms with Gasteiger partial charge in [-0.1, -0.05) is 12.1 Å². The van der Waals surface area contributed by atoms with Crippen LogP contribution in [0.4, 0.5) is 17.1 Å². The van der Waals surface area contributed by atoms with Crippen LogP contribution in [0, 0.1) is 0 Å². The predicted octanol–water partition coefficient (Wildman–Crippen LogP) is 2.29. The third kappa shape index (κ3) is 2.98. The lowest BCUT2D eigenvalue weighted by Gasteiger charge is -2.14. The molecule has 0 aliphatic carbocycles. The van der Waals surface area contributed by atoms with E-state index >= 15 is 0 Å². The van der Waals surface area contributed by atoms with Crippen LogP contribution in [0.25, 0.3) is 11.1 Å². The lowest BCUT2D eigenvalue weighted by molar-refractivity contribution is 0.202. The van der Waals surface area contributed by atoms with E-state index in [4.69, 9.17) is 21.9 Å². The van der Waals surface area contributed by atoms with Crippen LogP contribution in [0.15, 0.2) is 36.4 Å². The van der Waals surface area contributed by atoms with Crippen molar-refractivity contribution in [2.24, 2.45) is 0 Å². The largest absolute Gasteiger partial charge is 0.399 e. The van der Waals surface area contributed by atoms with Gasteiger partial charge >= 0.3 is 0 Å². The summed E-state index contributed by atoms with van der Waals surface area (Å²) >= 11 is 0. The van der Waals surface area contributed by atoms with Gasteiger partial charge in [-0.2, -0.15) is 0 Å². The molecule has 4 heteroatoms. The Kier molecular flexibility index (Phi) is 3.92. The van der Waals surface area contributed by atoms with E-state index in [2.05, 4.69) is 0 Å². The van der Waals surface area contributed by atoms with Crippen LogP contribution < -0.4 is 17.2 Å². The number of anilines is 3. The maximum Gasteiger partial charge on any atom is 0.0503 e. The standard InChI is InChI=1S/C15H19N3O/c1-19-6-5-13-14(8-12(17)9-15(13)18)10-3-2-4-11(16)7-10/h2-4,7-9H,5-6,16-18H2,1H3. The topological polar surface area (TPSA) is 87.3 Å². The Morgan fingerprint density at radius 2 is 1.79 bits per heavy atom. The monoisotopic (exact) mass is 257 g/mol. The van der Waals surface area contributed by atoms with Crippen molar-refractivity contribution in [3.63, 3.8) is 0 Å². The first-order valence-corrected chi connectivity index (χ1v) is 6.14. The molecule has 0 aromatic heterocycles. The number of nitrogens with two attached hydrogens (primary N) is 3. The summed E-state index contributed by atoms with van der Waals surface area (Å²) in [5.74, 6) is 0. The molecule has 2 aromatic rings. The summed E-state index contributed by atoms with van der Waals surface area (Å²) in [6.45, 7) is 0.615. The minimum absolute atomic E-state index is 0.615. The van der Waals surface area contributed by atoms with Gasteiger partial charge in [-0.25, -0.2) is 0 Å². The summed E-state index contributed by atoms with van der Waals surface area (Å²) < 4.78 is 5.13. The first kappa shape index (κ1) is 13.2. The van der Waals surface area contributed by atoms with Crippen LogP contribution in [-0.4, -0.2) is 13.7 Å². The molecule has 100 valence electrons. The Morgan fingerprint density at radius 3 is 2.47 bits per heavy atom. The van der Waals surface area contributed by atoms with E-state index in [9.17, 15) is 0 Å². The second kappa shape index (κ2) is 5.63. The summed E-state index contributed by atoms with van der Waals surface area (Å²) in [5.41, 5.74) is 22.9. The quantitative estimate of drug-likeness (QED) is 0.733. The molecular formula is C15H19N3O. The van der Waals surface area contributed by atoms with E-state index in [1.54, 1.807) is 13.2 Å². The molecule has 0 fully saturated rings. The molecule has 0 spiro atoms. The Morgan fingerprint density at radius 1 is 1.00 bits per heavy atom. The fraction of sp³-hybridized carbons (Fsp3) is 0.200. The number of methoxy groups -OCH3 is 1. The fourth-order valence-electron chi connectivity index (χ4n) is 2.16. The van der Waals surface area contributed by atoms with E-state index in [1.807, 2.05) is 30.3 Å². The highest BCUT2D eigenvalue weighted by Gasteiger charge is 2.10. The molecule has 0 aliphatic rings. The Hall–Kier alpha value is -2.20. The lowest BCUT2D eigenvalue weighted by atomic mass is 9.95. The van der Waals surface area contributed by atoms with Crippen molar-refractivity contribution in [1.82, 2.24) is 0 Å². The average molecular weight is 257 g/mol. The van der Waals surface area contributed by atoms with Crippen molar-refractivity contribution in [2.75, 3.05) is 30.9 Å². The molecular weight excluding hydrogens is 238 g/mol. The third-order valence-electron chi connectivity index (χ3n) is 3.06. The van der Waals surface area contributed by atoms with Gasteiger partial charge in [-0.15, -0.1) is 0 Å². The van der Waals surface area contributed by atoms with Crippen LogP contribution in [0.2, 0.25) is 0 Å². The van der Waals surface area contributed by atoms with E-state index in [0.29, 0.717) is 18.0 Å². The number of hydrogen-bond acceptors (Lipinski definition) is 4. The second-order valence-electron chi connectivity index (χ2n) is 4.50. The molecule has 0 aliphatic heterocycles. The highest BCUT2D eigenvalue weighted by atomic mass is 16.5. The van der Waals surface area contributed by atoms with Gasteiger partial charge in [0.15, 0.2) is 0 Å². The van der Waals surface area contributed by atoms with Crippen LogP contribution in [0.3, 0.4) is 0 Å². The highest BCUT2D eigenvalue weighted by molar-refractivity contribution is 5.78. The molecule has 2 rings (SSSR count). The van der Waals surface area contributed by atoms with E-state index in [-0.39, 0.29) is 0 Å². The fourth-order valence-corrected chi connectivity index (χ4v) is 2.16. The van der Waals surface area contributed by atoms with Crippen LogP contribution in [0.5, 0.6) is 0 Å². The number of nitrogen functional groups attached to an aromatic ring is 3. The maximum absolute atomic E-state index is 6.07.